The topological polar surface area (TPSA) is 18.5 Å². The second-order valence-corrected chi connectivity index (χ2v) is 5.49. The highest BCUT2D eigenvalue weighted by atomic mass is 79.9. The van der Waals surface area contributed by atoms with E-state index in [-0.39, 0.29) is 11.7 Å². The molecule has 1 saturated heterocycles. The predicted molar refractivity (Wildman–Crippen MR) is 62.6 cm³/mol. The molecule has 0 aliphatic carbocycles. The molecule has 1 fully saturated rings. The van der Waals surface area contributed by atoms with Gasteiger partial charge in [0.15, 0.2) is 6.29 Å². The summed E-state index contributed by atoms with van der Waals surface area (Å²) in [6.45, 7) is 5.75. The first kappa shape index (κ1) is 11.1. The van der Waals surface area contributed by atoms with Crippen LogP contribution >= 0.6 is 15.9 Å². The van der Waals surface area contributed by atoms with Crippen molar-refractivity contribution in [1.29, 1.82) is 0 Å². The zero-order valence-electron chi connectivity index (χ0n) is 9.00. The highest BCUT2D eigenvalue weighted by Crippen LogP contribution is 2.33. The van der Waals surface area contributed by atoms with Crippen LogP contribution in [0.5, 0.6) is 0 Å². The molecule has 0 radical (unpaired) electrons. The molecule has 0 unspecified atom stereocenters. The van der Waals surface area contributed by atoms with Crippen LogP contribution < -0.4 is 0 Å². The van der Waals surface area contributed by atoms with Crippen molar-refractivity contribution in [1.82, 2.24) is 0 Å². The van der Waals surface area contributed by atoms with Crippen molar-refractivity contribution >= 4 is 15.9 Å². The molecule has 82 valence electrons. The minimum atomic E-state index is -0.228. The van der Waals surface area contributed by atoms with Gasteiger partial charge in [-0.3, -0.25) is 0 Å². The molecule has 0 N–H and O–H groups in total. The first-order valence-corrected chi connectivity index (χ1v) is 5.85. The van der Waals surface area contributed by atoms with E-state index in [1.165, 1.54) is 0 Å². The molecule has 0 saturated carbocycles. The van der Waals surface area contributed by atoms with E-state index < -0.39 is 0 Å². The second-order valence-electron chi connectivity index (χ2n) is 4.64. The average molecular weight is 271 g/mol. The highest BCUT2D eigenvalue weighted by Gasteiger charge is 2.29. The standard InChI is InChI=1S/C12H15BrO2/c1-12(2)7-14-11(15-8-12)9-5-3-4-6-10(9)13/h3-6,11H,7-8H2,1-2H3. The Morgan fingerprint density at radius 3 is 2.40 bits per heavy atom. The van der Waals surface area contributed by atoms with Gasteiger partial charge in [0.2, 0.25) is 0 Å². The van der Waals surface area contributed by atoms with Crippen LogP contribution in [0.15, 0.2) is 28.7 Å². The summed E-state index contributed by atoms with van der Waals surface area (Å²) in [4.78, 5) is 0. The fourth-order valence-electron chi connectivity index (χ4n) is 1.54. The maximum absolute atomic E-state index is 5.71. The van der Waals surface area contributed by atoms with Crippen LogP contribution in [0.25, 0.3) is 0 Å². The van der Waals surface area contributed by atoms with Crippen LogP contribution in [0.3, 0.4) is 0 Å². The first-order chi connectivity index (χ1) is 7.08. The van der Waals surface area contributed by atoms with Gasteiger partial charge in [-0.15, -0.1) is 0 Å². The van der Waals surface area contributed by atoms with Gasteiger partial charge >= 0.3 is 0 Å². The van der Waals surface area contributed by atoms with Crippen molar-refractivity contribution in [2.24, 2.45) is 5.41 Å². The molecule has 1 heterocycles. The molecule has 15 heavy (non-hydrogen) atoms. The Labute approximate surface area is 98.7 Å². The summed E-state index contributed by atoms with van der Waals surface area (Å²) >= 11 is 3.50. The average Bonchev–Trinajstić information content (AvgIpc) is 2.19. The minimum absolute atomic E-state index is 0.123. The van der Waals surface area contributed by atoms with Gasteiger partial charge in [0.05, 0.1) is 13.2 Å². The summed E-state index contributed by atoms with van der Waals surface area (Å²) in [5.74, 6) is 0. The zero-order chi connectivity index (χ0) is 10.9. The number of rotatable bonds is 1. The summed E-state index contributed by atoms with van der Waals surface area (Å²) in [6.07, 6.45) is -0.228. The lowest BCUT2D eigenvalue weighted by Gasteiger charge is -2.34. The van der Waals surface area contributed by atoms with E-state index in [1.54, 1.807) is 0 Å². The van der Waals surface area contributed by atoms with Gasteiger partial charge < -0.3 is 9.47 Å². The molecule has 0 aromatic heterocycles. The summed E-state index contributed by atoms with van der Waals surface area (Å²) in [5, 5.41) is 0. The van der Waals surface area contributed by atoms with Gasteiger partial charge in [0.1, 0.15) is 0 Å². The van der Waals surface area contributed by atoms with Crippen molar-refractivity contribution in [2.45, 2.75) is 20.1 Å². The molecule has 2 rings (SSSR count). The summed E-state index contributed by atoms with van der Waals surface area (Å²) < 4.78 is 12.5. The SMILES string of the molecule is CC1(C)COC(c2ccccc2Br)OC1. The van der Waals surface area contributed by atoms with Crippen molar-refractivity contribution in [3.05, 3.63) is 34.3 Å². The Kier molecular flexibility index (Phi) is 3.14. The van der Waals surface area contributed by atoms with Crippen molar-refractivity contribution in [2.75, 3.05) is 13.2 Å². The maximum Gasteiger partial charge on any atom is 0.184 e. The molecule has 0 atom stereocenters. The Morgan fingerprint density at radius 1 is 1.20 bits per heavy atom. The van der Waals surface area contributed by atoms with E-state index in [1.807, 2.05) is 24.3 Å². The predicted octanol–water partition coefficient (Wildman–Crippen LogP) is 3.52. The van der Waals surface area contributed by atoms with E-state index in [0.717, 1.165) is 23.2 Å². The van der Waals surface area contributed by atoms with Crippen molar-refractivity contribution in [3.63, 3.8) is 0 Å². The first-order valence-electron chi connectivity index (χ1n) is 5.06. The fourth-order valence-corrected chi connectivity index (χ4v) is 2.01. The fraction of sp³-hybridized carbons (Fsp3) is 0.500. The number of ether oxygens (including phenoxy) is 2. The molecule has 1 aliphatic heterocycles. The van der Waals surface area contributed by atoms with Crippen LogP contribution in [-0.2, 0) is 9.47 Å². The molecule has 1 aromatic rings. The van der Waals surface area contributed by atoms with Crippen LogP contribution in [0.4, 0.5) is 0 Å². The number of benzene rings is 1. The van der Waals surface area contributed by atoms with E-state index in [0.29, 0.717) is 0 Å². The van der Waals surface area contributed by atoms with Gasteiger partial charge in [-0.2, -0.15) is 0 Å². The zero-order valence-corrected chi connectivity index (χ0v) is 10.6. The Morgan fingerprint density at radius 2 is 1.80 bits per heavy atom. The largest absolute Gasteiger partial charge is 0.348 e. The van der Waals surface area contributed by atoms with Crippen molar-refractivity contribution < 1.29 is 9.47 Å². The lowest BCUT2D eigenvalue weighted by atomic mass is 9.95. The normalized spacial score (nSPS) is 21.5. The van der Waals surface area contributed by atoms with Gasteiger partial charge in [-0.05, 0) is 6.07 Å². The van der Waals surface area contributed by atoms with Crippen LogP contribution in [-0.4, -0.2) is 13.2 Å². The molecule has 0 bridgehead atoms. The monoisotopic (exact) mass is 270 g/mol. The Hall–Kier alpha value is -0.380. The van der Waals surface area contributed by atoms with Crippen LogP contribution in [0, 0.1) is 5.41 Å². The van der Waals surface area contributed by atoms with Gasteiger partial charge in [0, 0.05) is 15.5 Å². The molecule has 2 nitrogen and oxygen atoms in total. The molecule has 1 aliphatic rings. The third kappa shape index (κ3) is 2.60. The smallest absolute Gasteiger partial charge is 0.184 e. The minimum Gasteiger partial charge on any atom is -0.348 e. The van der Waals surface area contributed by atoms with Crippen molar-refractivity contribution in [3.8, 4) is 0 Å². The van der Waals surface area contributed by atoms with E-state index >= 15 is 0 Å². The van der Waals surface area contributed by atoms with E-state index in [4.69, 9.17) is 9.47 Å². The molecule has 0 spiro atoms. The summed E-state index contributed by atoms with van der Waals surface area (Å²) in [5.41, 5.74) is 1.19. The molecule has 0 amide bonds. The third-order valence-corrected chi connectivity index (χ3v) is 3.13. The molecular weight excluding hydrogens is 256 g/mol. The Balaban J connectivity index is 2.11. The maximum atomic E-state index is 5.71. The lowest BCUT2D eigenvalue weighted by Crippen LogP contribution is -2.33. The highest BCUT2D eigenvalue weighted by molar-refractivity contribution is 9.10. The molecule has 1 aromatic carbocycles. The number of hydrogen-bond acceptors (Lipinski definition) is 2. The lowest BCUT2D eigenvalue weighted by molar-refractivity contribution is -0.226. The van der Waals surface area contributed by atoms with Gasteiger partial charge in [-0.25, -0.2) is 0 Å². The molecular formula is C12H15BrO2. The van der Waals surface area contributed by atoms with Crippen LogP contribution in [0.2, 0.25) is 0 Å². The summed E-state index contributed by atoms with van der Waals surface area (Å²) in [7, 11) is 0. The van der Waals surface area contributed by atoms with E-state index in [2.05, 4.69) is 29.8 Å². The van der Waals surface area contributed by atoms with Gasteiger partial charge in [0.25, 0.3) is 0 Å². The van der Waals surface area contributed by atoms with Gasteiger partial charge in [-0.1, -0.05) is 48.0 Å². The number of halogens is 1. The summed E-state index contributed by atoms with van der Waals surface area (Å²) in [6, 6.07) is 8.00. The van der Waals surface area contributed by atoms with E-state index in [9.17, 15) is 0 Å². The quantitative estimate of drug-likeness (QED) is 0.778. The molecule has 3 heteroatoms. The van der Waals surface area contributed by atoms with Crippen LogP contribution in [0.1, 0.15) is 25.7 Å². The number of hydrogen-bond donors (Lipinski definition) is 0. The third-order valence-electron chi connectivity index (χ3n) is 2.41. The Bertz CT molecular complexity index is 339. The second kappa shape index (κ2) is 4.24.